The van der Waals surface area contributed by atoms with E-state index in [-0.39, 0.29) is 0 Å². The van der Waals surface area contributed by atoms with Crippen molar-refractivity contribution in [3.05, 3.63) is 17.5 Å². The molecule has 1 aromatic heterocycles. The van der Waals surface area contributed by atoms with Gasteiger partial charge in [-0.3, -0.25) is 9.58 Å². The van der Waals surface area contributed by atoms with Crippen LogP contribution in [-0.2, 0) is 13.1 Å². The van der Waals surface area contributed by atoms with Crippen LogP contribution in [0.4, 0.5) is 0 Å². The minimum Gasteiger partial charge on any atom is -0.314 e. The van der Waals surface area contributed by atoms with E-state index in [9.17, 15) is 0 Å². The molecule has 4 nitrogen and oxygen atoms in total. The fourth-order valence-corrected chi connectivity index (χ4v) is 2.33. The number of rotatable bonds is 3. The SMILES string of the molecule is CCn1nc(C)cc1CN1CCNC[C@H]1C. The van der Waals surface area contributed by atoms with Gasteiger partial charge in [0.15, 0.2) is 0 Å². The fourth-order valence-electron chi connectivity index (χ4n) is 2.33. The summed E-state index contributed by atoms with van der Waals surface area (Å²) in [6.07, 6.45) is 0. The molecule has 0 aromatic carbocycles. The molecule has 1 N–H and O–H groups in total. The van der Waals surface area contributed by atoms with Crippen molar-refractivity contribution in [1.29, 1.82) is 0 Å². The standard InChI is InChI=1S/C12H22N4/c1-4-16-12(7-10(2)14-16)9-15-6-5-13-8-11(15)3/h7,11,13H,4-6,8-9H2,1-3H3/t11-/m1/s1. The summed E-state index contributed by atoms with van der Waals surface area (Å²) >= 11 is 0. The van der Waals surface area contributed by atoms with E-state index in [0.29, 0.717) is 6.04 Å². The second kappa shape index (κ2) is 4.97. The summed E-state index contributed by atoms with van der Waals surface area (Å²) in [4.78, 5) is 2.53. The Morgan fingerprint density at radius 3 is 3.06 bits per heavy atom. The Hall–Kier alpha value is -0.870. The van der Waals surface area contributed by atoms with Crippen molar-refractivity contribution in [1.82, 2.24) is 20.0 Å². The third kappa shape index (κ3) is 2.44. The van der Waals surface area contributed by atoms with Gasteiger partial charge in [-0.1, -0.05) is 0 Å². The Morgan fingerprint density at radius 1 is 1.56 bits per heavy atom. The van der Waals surface area contributed by atoms with E-state index in [1.807, 2.05) is 0 Å². The van der Waals surface area contributed by atoms with Gasteiger partial charge in [0.05, 0.1) is 11.4 Å². The normalized spacial score (nSPS) is 22.6. The van der Waals surface area contributed by atoms with E-state index >= 15 is 0 Å². The first-order valence-corrected chi connectivity index (χ1v) is 6.18. The van der Waals surface area contributed by atoms with E-state index in [0.717, 1.165) is 38.4 Å². The summed E-state index contributed by atoms with van der Waals surface area (Å²) in [7, 11) is 0. The van der Waals surface area contributed by atoms with Crippen molar-refractivity contribution < 1.29 is 0 Å². The fraction of sp³-hybridized carbons (Fsp3) is 0.750. The number of hydrogen-bond acceptors (Lipinski definition) is 3. The van der Waals surface area contributed by atoms with Gasteiger partial charge in [0.2, 0.25) is 0 Å². The zero-order valence-electron chi connectivity index (χ0n) is 10.5. The number of aryl methyl sites for hydroxylation is 2. The van der Waals surface area contributed by atoms with Gasteiger partial charge < -0.3 is 5.32 Å². The Bertz CT molecular complexity index is 345. The lowest BCUT2D eigenvalue weighted by atomic mass is 10.2. The number of nitrogens with zero attached hydrogens (tertiary/aromatic N) is 3. The van der Waals surface area contributed by atoms with Crippen molar-refractivity contribution in [2.75, 3.05) is 19.6 Å². The number of nitrogens with one attached hydrogen (secondary N) is 1. The van der Waals surface area contributed by atoms with E-state index in [2.05, 4.69) is 46.8 Å². The van der Waals surface area contributed by atoms with Crippen LogP contribution >= 0.6 is 0 Å². The highest BCUT2D eigenvalue weighted by molar-refractivity contribution is 5.09. The van der Waals surface area contributed by atoms with Crippen LogP contribution < -0.4 is 5.32 Å². The molecule has 4 heteroatoms. The lowest BCUT2D eigenvalue weighted by Crippen LogP contribution is -2.49. The summed E-state index contributed by atoms with van der Waals surface area (Å²) in [5.74, 6) is 0. The predicted molar refractivity (Wildman–Crippen MR) is 65.4 cm³/mol. The second-order valence-corrected chi connectivity index (χ2v) is 4.62. The monoisotopic (exact) mass is 222 g/mol. The van der Waals surface area contributed by atoms with Crippen molar-refractivity contribution in [2.24, 2.45) is 0 Å². The highest BCUT2D eigenvalue weighted by atomic mass is 15.3. The molecule has 0 spiro atoms. The van der Waals surface area contributed by atoms with Crippen LogP contribution in [0.1, 0.15) is 25.2 Å². The average molecular weight is 222 g/mol. The van der Waals surface area contributed by atoms with Gasteiger partial charge in [-0.25, -0.2) is 0 Å². The van der Waals surface area contributed by atoms with Gasteiger partial charge >= 0.3 is 0 Å². The Labute approximate surface area is 97.6 Å². The van der Waals surface area contributed by atoms with Crippen molar-refractivity contribution in [3.63, 3.8) is 0 Å². The van der Waals surface area contributed by atoms with Gasteiger partial charge in [-0.15, -0.1) is 0 Å². The molecule has 0 radical (unpaired) electrons. The van der Waals surface area contributed by atoms with E-state index < -0.39 is 0 Å². The maximum absolute atomic E-state index is 4.49. The van der Waals surface area contributed by atoms with Crippen LogP contribution in [0.25, 0.3) is 0 Å². The van der Waals surface area contributed by atoms with Crippen LogP contribution in [0.5, 0.6) is 0 Å². The molecule has 1 saturated heterocycles. The smallest absolute Gasteiger partial charge is 0.0597 e. The van der Waals surface area contributed by atoms with E-state index in [4.69, 9.17) is 0 Å². The molecule has 0 bridgehead atoms. The molecule has 1 aromatic rings. The lowest BCUT2D eigenvalue weighted by Gasteiger charge is -2.33. The summed E-state index contributed by atoms with van der Waals surface area (Å²) < 4.78 is 2.12. The number of piperazine rings is 1. The van der Waals surface area contributed by atoms with Gasteiger partial charge in [0.25, 0.3) is 0 Å². The van der Waals surface area contributed by atoms with Crippen molar-refractivity contribution in [3.8, 4) is 0 Å². The molecule has 0 amide bonds. The highest BCUT2D eigenvalue weighted by Crippen LogP contribution is 2.11. The third-order valence-electron chi connectivity index (χ3n) is 3.29. The van der Waals surface area contributed by atoms with E-state index in [1.54, 1.807) is 0 Å². The summed E-state index contributed by atoms with van der Waals surface area (Å²) in [5, 5.41) is 7.91. The van der Waals surface area contributed by atoms with Crippen LogP contribution in [0.2, 0.25) is 0 Å². The minimum atomic E-state index is 0.620. The van der Waals surface area contributed by atoms with Gasteiger partial charge in [0.1, 0.15) is 0 Å². The molecule has 1 atom stereocenters. The molecule has 90 valence electrons. The molecule has 1 aliphatic heterocycles. The van der Waals surface area contributed by atoms with Gasteiger partial charge in [-0.2, -0.15) is 5.10 Å². The maximum Gasteiger partial charge on any atom is 0.0597 e. The lowest BCUT2D eigenvalue weighted by molar-refractivity contribution is 0.161. The topological polar surface area (TPSA) is 33.1 Å². The Kier molecular flexibility index (Phi) is 3.61. The predicted octanol–water partition coefficient (Wildman–Crippen LogP) is 1.01. The first-order valence-electron chi connectivity index (χ1n) is 6.18. The molecule has 0 aliphatic carbocycles. The quantitative estimate of drug-likeness (QED) is 0.828. The largest absolute Gasteiger partial charge is 0.314 e. The summed E-state index contributed by atoms with van der Waals surface area (Å²) in [5.41, 5.74) is 2.47. The number of hydrogen-bond donors (Lipinski definition) is 1. The van der Waals surface area contributed by atoms with Crippen LogP contribution in [0.3, 0.4) is 0 Å². The van der Waals surface area contributed by atoms with Crippen molar-refractivity contribution in [2.45, 2.75) is 39.9 Å². The molecule has 1 aliphatic rings. The zero-order chi connectivity index (χ0) is 11.5. The number of aromatic nitrogens is 2. The van der Waals surface area contributed by atoms with Crippen LogP contribution in [0.15, 0.2) is 6.07 Å². The summed E-state index contributed by atoms with van der Waals surface area (Å²) in [6.45, 7) is 11.8. The Morgan fingerprint density at radius 2 is 2.38 bits per heavy atom. The van der Waals surface area contributed by atoms with Gasteiger partial charge in [0, 0.05) is 38.8 Å². The molecule has 1 fully saturated rings. The average Bonchev–Trinajstić information content (AvgIpc) is 2.62. The second-order valence-electron chi connectivity index (χ2n) is 4.62. The molecule has 0 unspecified atom stereocenters. The first-order chi connectivity index (χ1) is 7.70. The van der Waals surface area contributed by atoms with Crippen LogP contribution in [0, 0.1) is 6.92 Å². The Balaban J connectivity index is 2.06. The third-order valence-corrected chi connectivity index (χ3v) is 3.29. The highest BCUT2D eigenvalue weighted by Gasteiger charge is 2.19. The maximum atomic E-state index is 4.49. The molecule has 0 saturated carbocycles. The first kappa shape index (κ1) is 11.6. The molecular weight excluding hydrogens is 200 g/mol. The molecule has 2 rings (SSSR count). The van der Waals surface area contributed by atoms with Crippen molar-refractivity contribution >= 4 is 0 Å². The molecule has 16 heavy (non-hydrogen) atoms. The van der Waals surface area contributed by atoms with Crippen LogP contribution in [-0.4, -0.2) is 40.4 Å². The molecular formula is C12H22N4. The zero-order valence-corrected chi connectivity index (χ0v) is 10.5. The summed E-state index contributed by atoms with van der Waals surface area (Å²) in [6, 6.07) is 2.83. The van der Waals surface area contributed by atoms with Gasteiger partial charge in [-0.05, 0) is 26.8 Å². The van der Waals surface area contributed by atoms with E-state index in [1.165, 1.54) is 5.69 Å². The minimum absolute atomic E-state index is 0.620. The molecule has 2 heterocycles.